The minimum atomic E-state index is 0.0404. The third-order valence-electron chi connectivity index (χ3n) is 5.15. The Morgan fingerprint density at radius 2 is 2.03 bits per heavy atom. The second kappa shape index (κ2) is 10.4. The zero-order chi connectivity index (χ0) is 21.4. The van der Waals surface area contributed by atoms with Crippen LogP contribution < -0.4 is 10.1 Å². The minimum absolute atomic E-state index is 0.0404. The number of aromatic nitrogens is 1. The van der Waals surface area contributed by atoms with Crippen molar-refractivity contribution in [2.24, 2.45) is 5.41 Å². The first kappa shape index (κ1) is 22.0. The first-order valence-electron chi connectivity index (χ1n) is 11.0. The second-order valence-corrected chi connectivity index (χ2v) is 9.28. The number of carbonyl (C=O) groups excluding carboxylic acids is 1. The van der Waals surface area contributed by atoms with E-state index in [2.05, 4.69) is 54.3 Å². The number of hydrogen-bond donors (Lipinski definition) is 2. The van der Waals surface area contributed by atoms with Crippen molar-refractivity contribution in [3.05, 3.63) is 60.4 Å². The van der Waals surface area contributed by atoms with Gasteiger partial charge in [-0.1, -0.05) is 45.0 Å². The third kappa shape index (κ3) is 7.29. The summed E-state index contributed by atoms with van der Waals surface area (Å²) >= 11 is 0. The van der Waals surface area contributed by atoms with Crippen molar-refractivity contribution in [3.8, 4) is 5.75 Å². The molecule has 1 aromatic carbocycles. The normalized spacial score (nSPS) is 16.5. The fourth-order valence-electron chi connectivity index (χ4n) is 3.72. The van der Waals surface area contributed by atoms with Crippen molar-refractivity contribution in [1.82, 2.24) is 9.88 Å². The molecule has 0 spiro atoms. The number of ether oxygens (including phenoxy) is 1. The van der Waals surface area contributed by atoms with Crippen LogP contribution in [0.5, 0.6) is 5.75 Å². The molecule has 0 bridgehead atoms. The Morgan fingerprint density at radius 3 is 2.73 bits per heavy atom. The van der Waals surface area contributed by atoms with Crippen LogP contribution in [0.1, 0.15) is 57.9 Å². The number of amides is 1. The van der Waals surface area contributed by atoms with Crippen LogP contribution in [0.3, 0.4) is 0 Å². The summed E-state index contributed by atoms with van der Waals surface area (Å²) < 4.78 is 5.66. The van der Waals surface area contributed by atoms with Crippen molar-refractivity contribution in [3.63, 3.8) is 0 Å². The Balaban J connectivity index is 1.37. The predicted molar refractivity (Wildman–Crippen MR) is 123 cm³/mol. The maximum atomic E-state index is 12.2. The number of carbonyl (C=O) groups is 1. The first-order valence-corrected chi connectivity index (χ1v) is 11.0. The number of H-pyrrole nitrogens is 1. The number of nitrogens with one attached hydrogen (secondary N) is 2. The third-order valence-corrected chi connectivity index (χ3v) is 5.15. The minimum Gasteiger partial charge on any atom is -0.494 e. The van der Waals surface area contributed by atoms with Crippen molar-refractivity contribution >= 4 is 11.7 Å². The molecule has 3 rings (SSSR count). The topological polar surface area (TPSA) is 57.4 Å². The molecule has 2 aromatic rings. The molecule has 2 heterocycles. The molecule has 1 aromatic heterocycles. The van der Waals surface area contributed by atoms with Gasteiger partial charge in [0.05, 0.1) is 6.61 Å². The average molecular weight is 410 g/mol. The van der Waals surface area contributed by atoms with Gasteiger partial charge in [0.25, 0.3) is 0 Å². The number of para-hydroxylation sites is 1. The highest BCUT2D eigenvalue weighted by Gasteiger charge is 2.20. The van der Waals surface area contributed by atoms with E-state index in [1.165, 1.54) is 5.56 Å². The van der Waals surface area contributed by atoms with Crippen LogP contribution >= 0.6 is 0 Å². The Kier molecular flexibility index (Phi) is 7.61. The van der Waals surface area contributed by atoms with Crippen LogP contribution in [0.15, 0.2) is 54.9 Å². The Hall–Kier alpha value is -2.69. The summed E-state index contributed by atoms with van der Waals surface area (Å²) in [5.41, 5.74) is 1.53. The molecule has 2 N–H and O–H groups in total. The molecule has 0 radical (unpaired) electrons. The highest BCUT2D eigenvalue weighted by atomic mass is 16.5. The lowest BCUT2D eigenvalue weighted by molar-refractivity contribution is -0.116. The molecule has 30 heavy (non-hydrogen) atoms. The lowest BCUT2D eigenvalue weighted by Gasteiger charge is -2.33. The quantitative estimate of drug-likeness (QED) is 0.534. The molecule has 1 aliphatic heterocycles. The maximum absolute atomic E-state index is 12.2. The Labute approximate surface area is 180 Å². The van der Waals surface area contributed by atoms with Crippen LogP contribution in [0.2, 0.25) is 0 Å². The van der Waals surface area contributed by atoms with Crippen LogP contribution in [0, 0.1) is 5.41 Å². The van der Waals surface area contributed by atoms with E-state index in [4.69, 9.17) is 4.74 Å². The van der Waals surface area contributed by atoms with Gasteiger partial charge in [0.15, 0.2) is 0 Å². The van der Waals surface area contributed by atoms with Gasteiger partial charge in [0.2, 0.25) is 5.91 Å². The van der Waals surface area contributed by atoms with E-state index in [0.717, 1.165) is 43.9 Å². The monoisotopic (exact) mass is 409 g/mol. The molecule has 0 fully saturated rings. The molecular weight excluding hydrogens is 374 g/mol. The number of unbranched alkanes of at least 4 members (excludes halogenated alkanes) is 1. The van der Waals surface area contributed by atoms with Gasteiger partial charge in [-0.15, -0.1) is 0 Å². The zero-order valence-corrected chi connectivity index (χ0v) is 18.5. The molecule has 1 aliphatic rings. The molecule has 1 unspecified atom stereocenters. The van der Waals surface area contributed by atoms with Crippen molar-refractivity contribution in [2.75, 3.05) is 25.0 Å². The van der Waals surface area contributed by atoms with E-state index < -0.39 is 0 Å². The van der Waals surface area contributed by atoms with Gasteiger partial charge in [-0.05, 0) is 54.6 Å². The number of aromatic amines is 1. The highest BCUT2D eigenvalue weighted by molar-refractivity contribution is 5.89. The zero-order valence-electron chi connectivity index (χ0n) is 18.5. The maximum Gasteiger partial charge on any atom is 0.225 e. The molecule has 0 saturated carbocycles. The lowest BCUT2D eigenvalue weighted by Crippen LogP contribution is -2.32. The molecule has 0 aliphatic carbocycles. The fraction of sp³-hybridized carbons (Fsp3) is 0.480. The fourth-order valence-corrected chi connectivity index (χ4v) is 3.72. The number of rotatable bonds is 9. The van der Waals surface area contributed by atoms with E-state index in [0.29, 0.717) is 24.4 Å². The molecular formula is C25H35N3O2. The van der Waals surface area contributed by atoms with E-state index in [1.54, 1.807) is 0 Å². The smallest absolute Gasteiger partial charge is 0.225 e. The van der Waals surface area contributed by atoms with Crippen LogP contribution in [-0.2, 0) is 4.79 Å². The number of nitrogens with zero attached hydrogens (tertiary/aromatic N) is 1. The Bertz CT molecular complexity index is 820. The average Bonchev–Trinajstić information content (AvgIpc) is 3.16. The molecule has 0 saturated heterocycles. The van der Waals surface area contributed by atoms with Crippen molar-refractivity contribution in [2.45, 2.75) is 52.4 Å². The van der Waals surface area contributed by atoms with Crippen molar-refractivity contribution in [1.29, 1.82) is 0 Å². The van der Waals surface area contributed by atoms with Gasteiger partial charge in [-0.25, -0.2) is 0 Å². The van der Waals surface area contributed by atoms with Crippen LogP contribution in [-0.4, -0.2) is 35.5 Å². The highest BCUT2D eigenvalue weighted by Crippen LogP contribution is 2.28. The summed E-state index contributed by atoms with van der Waals surface area (Å²) in [6.07, 6.45) is 9.77. The summed E-state index contributed by atoms with van der Waals surface area (Å²) in [4.78, 5) is 17.8. The van der Waals surface area contributed by atoms with E-state index in [-0.39, 0.29) is 5.91 Å². The summed E-state index contributed by atoms with van der Waals surface area (Å²) in [6, 6.07) is 11.8. The largest absolute Gasteiger partial charge is 0.494 e. The van der Waals surface area contributed by atoms with Gasteiger partial charge in [0.1, 0.15) is 11.6 Å². The standard InChI is InChI=1S/C25H35N3O2/c1-25(2,3)19-28-14-12-20(13-15-28)21-17-23(26-18-21)27-24(29)11-7-8-16-30-22-9-5-4-6-10-22/h4-6,9-10,12,14,17-18,20,26H,7-8,11,13,15-16,19H2,1-3H3,(H,27,29). The number of anilines is 1. The summed E-state index contributed by atoms with van der Waals surface area (Å²) in [5, 5.41) is 2.98. The summed E-state index contributed by atoms with van der Waals surface area (Å²) in [5.74, 6) is 2.09. The van der Waals surface area contributed by atoms with E-state index in [1.807, 2.05) is 36.5 Å². The lowest BCUT2D eigenvalue weighted by atomic mass is 9.92. The van der Waals surface area contributed by atoms with Gasteiger partial charge in [-0.3, -0.25) is 4.79 Å². The first-order chi connectivity index (χ1) is 14.4. The SMILES string of the molecule is CC(C)(C)CN1C=CC(c2c[nH]c(NC(=O)CCCCOc3ccccc3)c2)CC1. The molecule has 162 valence electrons. The van der Waals surface area contributed by atoms with Gasteiger partial charge in [0, 0.05) is 31.6 Å². The number of hydrogen-bond acceptors (Lipinski definition) is 3. The summed E-state index contributed by atoms with van der Waals surface area (Å²) in [7, 11) is 0. The number of allylic oxidation sites excluding steroid dienone is 1. The molecule has 5 heteroatoms. The van der Waals surface area contributed by atoms with E-state index >= 15 is 0 Å². The van der Waals surface area contributed by atoms with Gasteiger partial charge >= 0.3 is 0 Å². The van der Waals surface area contributed by atoms with Crippen LogP contribution in [0.4, 0.5) is 5.82 Å². The summed E-state index contributed by atoms with van der Waals surface area (Å²) in [6.45, 7) is 9.57. The van der Waals surface area contributed by atoms with Gasteiger partial charge in [-0.2, -0.15) is 0 Å². The predicted octanol–water partition coefficient (Wildman–Crippen LogP) is 5.55. The van der Waals surface area contributed by atoms with Crippen molar-refractivity contribution < 1.29 is 9.53 Å². The molecule has 1 amide bonds. The van der Waals surface area contributed by atoms with Gasteiger partial charge < -0.3 is 19.9 Å². The Morgan fingerprint density at radius 1 is 1.23 bits per heavy atom. The number of benzene rings is 1. The molecule has 5 nitrogen and oxygen atoms in total. The van der Waals surface area contributed by atoms with E-state index in [9.17, 15) is 4.79 Å². The van der Waals surface area contributed by atoms with Crippen LogP contribution in [0.25, 0.3) is 0 Å². The second-order valence-electron chi connectivity index (χ2n) is 9.28. The molecule has 1 atom stereocenters.